The molecule has 0 radical (unpaired) electrons. The van der Waals surface area contributed by atoms with Gasteiger partial charge in [-0.2, -0.15) is 15.3 Å². The fraction of sp³-hybridized carbons (Fsp3) is 0.345. The maximum atomic E-state index is 15.5. The smallest absolute Gasteiger partial charge is 0.329 e. The third kappa shape index (κ3) is 5.05. The van der Waals surface area contributed by atoms with E-state index in [1.165, 1.54) is 6.07 Å². The van der Waals surface area contributed by atoms with Crippen molar-refractivity contribution in [2.75, 3.05) is 6.61 Å². The Bertz CT molecular complexity index is 1660. The number of benzene rings is 2. The Hall–Kier alpha value is -4.36. The van der Waals surface area contributed by atoms with Gasteiger partial charge in [0.05, 0.1) is 23.4 Å². The van der Waals surface area contributed by atoms with E-state index in [4.69, 9.17) is 9.84 Å². The van der Waals surface area contributed by atoms with Gasteiger partial charge in [0.25, 0.3) is 5.56 Å². The fourth-order valence-electron chi connectivity index (χ4n) is 5.18. The van der Waals surface area contributed by atoms with E-state index in [1.54, 1.807) is 52.4 Å². The van der Waals surface area contributed by atoms with Crippen LogP contribution in [0.25, 0.3) is 16.9 Å². The average molecular weight is 530 g/mol. The number of ether oxygens (including phenoxy) is 1. The number of halogens is 1. The lowest BCUT2D eigenvalue weighted by atomic mass is 9.88. The first-order valence-electron chi connectivity index (χ1n) is 12.9. The van der Waals surface area contributed by atoms with Crippen LogP contribution in [0.15, 0.2) is 47.3 Å². The molecule has 5 rings (SSSR count). The number of carbonyl (C=O) groups is 1. The minimum absolute atomic E-state index is 0.0701. The molecule has 9 nitrogen and oxygen atoms in total. The van der Waals surface area contributed by atoms with Gasteiger partial charge in [-0.1, -0.05) is 43.7 Å². The summed E-state index contributed by atoms with van der Waals surface area (Å²) in [7, 11) is 0. The zero-order valence-corrected chi connectivity index (χ0v) is 21.7. The third-order valence-electron chi connectivity index (χ3n) is 7.14. The van der Waals surface area contributed by atoms with Gasteiger partial charge in [0, 0.05) is 18.0 Å². The summed E-state index contributed by atoms with van der Waals surface area (Å²) in [6, 6.07) is 13.8. The van der Waals surface area contributed by atoms with Crippen LogP contribution in [0.1, 0.15) is 60.4 Å². The van der Waals surface area contributed by atoms with Crippen LogP contribution >= 0.6 is 0 Å². The maximum absolute atomic E-state index is 15.5. The molecule has 0 atom stereocenters. The quantitative estimate of drug-likeness (QED) is 0.344. The summed E-state index contributed by atoms with van der Waals surface area (Å²) in [5, 5.41) is 22.9. The largest absolute Gasteiger partial charge is 0.480 e. The normalized spacial score (nSPS) is 16.7. The van der Waals surface area contributed by atoms with E-state index >= 15 is 4.39 Å². The molecular formula is C29H28FN5O4. The van der Waals surface area contributed by atoms with E-state index in [2.05, 4.69) is 16.2 Å². The minimum Gasteiger partial charge on any atom is -0.480 e. The Labute approximate surface area is 224 Å². The number of rotatable bonds is 9. The standard InChI is InChI=1S/C29H28FN5O4/c1-3-6-26-24(11-19-10-9-18(12-25(19)30)23-8-5-4-7-20(23)15-31)28(38)34(29-32-17(2)33-35(26)29)21-13-22(14-21)39-16-27(36)37/h4-5,7-10,12,21-22H,3,6,11,13-14,16H2,1-2H3,(H,36,37)/t21-,22-. The Morgan fingerprint density at radius 2 is 2.03 bits per heavy atom. The van der Waals surface area contributed by atoms with Crippen LogP contribution in [-0.2, 0) is 22.4 Å². The second-order valence-electron chi connectivity index (χ2n) is 9.81. The Morgan fingerprint density at radius 1 is 1.26 bits per heavy atom. The lowest BCUT2D eigenvalue weighted by molar-refractivity contribution is -0.147. The molecule has 1 saturated carbocycles. The number of fused-ring (bicyclic) bond motifs is 1. The summed E-state index contributed by atoms with van der Waals surface area (Å²) in [4.78, 5) is 29.4. The van der Waals surface area contributed by atoms with E-state index in [0.29, 0.717) is 64.4 Å². The third-order valence-corrected chi connectivity index (χ3v) is 7.14. The Balaban J connectivity index is 1.55. The first kappa shape index (κ1) is 26.3. The summed E-state index contributed by atoms with van der Waals surface area (Å²) in [5.74, 6) is -0.562. The molecular weight excluding hydrogens is 501 g/mol. The molecule has 0 saturated heterocycles. The molecule has 200 valence electrons. The maximum Gasteiger partial charge on any atom is 0.329 e. The van der Waals surface area contributed by atoms with E-state index in [-0.39, 0.29) is 30.7 Å². The molecule has 10 heteroatoms. The second-order valence-corrected chi connectivity index (χ2v) is 9.81. The van der Waals surface area contributed by atoms with Crippen molar-refractivity contribution in [3.05, 3.63) is 86.8 Å². The van der Waals surface area contributed by atoms with Gasteiger partial charge in [0.15, 0.2) is 0 Å². The highest BCUT2D eigenvalue weighted by Gasteiger charge is 2.35. The summed E-state index contributed by atoms with van der Waals surface area (Å²) < 4.78 is 24.2. The van der Waals surface area contributed by atoms with Crippen LogP contribution in [0.2, 0.25) is 0 Å². The summed E-state index contributed by atoms with van der Waals surface area (Å²) in [6.07, 6.45) is 2.08. The number of aliphatic carboxylic acids is 1. The SMILES string of the molecule is CCCc1c(Cc2ccc(-c3ccccc3C#N)cc2F)c(=O)n([C@H]2C[C@H](OCC(=O)O)C2)c2nc(C)nn12. The van der Waals surface area contributed by atoms with E-state index in [9.17, 15) is 14.9 Å². The topological polar surface area (TPSA) is 123 Å². The molecule has 2 aromatic carbocycles. The first-order valence-corrected chi connectivity index (χ1v) is 12.9. The Morgan fingerprint density at radius 3 is 2.72 bits per heavy atom. The number of carboxylic acids is 1. The van der Waals surface area contributed by atoms with Gasteiger partial charge >= 0.3 is 5.97 Å². The van der Waals surface area contributed by atoms with E-state index in [1.807, 2.05) is 6.92 Å². The molecule has 0 aliphatic heterocycles. The van der Waals surface area contributed by atoms with Gasteiger partial charge < -0.3 is 9.84 Å². The van der Waals surface area contributed by atoms with Gasteiger partial charge in [-0.25, -0.2) is 13.7 Å². The molecule has 0 spiro atoms. The van der Waals surface area contributed by atoms with Gasteiger partial charge in [-0.05, 0) is 55.0 Å². The molecule has 2 aromatic heterocycles. The molecule has 1 aliphatic rings. The highest BCUT2D eigenvalue weighted by molar-refractivity contribution is 5.70. The number of hydrogen-bond acceptors (Lipinski definition) is 6. The molecule has 2 heterocycles. The van der Waals surface area contributed by atoms with Crippen LogP contribution in [-0.4, -0.2) is 43.0 Å². The summed E-state index contributed by atoms with van der Waals surface area (Å²) >= 11 is 0. The molecule has 1 N–H and O–H groups in total. The number of nitrogens with zero attached hydrogens (tertiary/aromatic N) is 5. The second kappa shape index (κ2) is 10.8. The van der Waals surface area contributed by atoms with Crippen molar-refractivity contribution in [1.82, 2.24) is 19.2 Å². The number of aromatic nitrogens is 4. The molecule has 4 aromatic rings. The highest BCUT2D eigenvalue weighted by atomic mass is 19.1. The van der Waals surface area contributed by atoms with Crippen molar-refractivity contribution in [2.24, 2.45) is 0 Å². The van der Waals surface area contributed by atoms with Gasteiger partial charge in [-0.3, -0.25) is 9.36 Å². The number of nitriles is 1. The summed E-state index contributed by atoms with van der Waals surface area (Å²) in [6.45, 7) is 3.37. The molecule has 1 aliphatic carbocycles. The van der Waals surface area contributed by atoms with Crippen LogP contribution in [0.3, 0.4) is 0 Å². The average Bonchev–Trinajstić information content (AvgIpc) is 3.28. The minimum atomic E-state index is -1.04. The number of carboxylic acid groups (broad SMARTS) is 1. The fourth-order valence-corrected chi connectivity index (χ4v) is 5.18. The van der Waals surface area contributed by atoms with Crippen LogP contribution in [0, 0.1) is 24.1 Å². The molecule has 1 fully saturated rings. The van der Waals surface area contributed by atoms with Gasteiger partial charge in [0.2, 0.25) is 5.78 Å². The molecule has 0 unspecified atom stereocenters. The zero-order chi connectivity index (χ0) is 27.7. The van der Waals surface area contributed by atoms with Gasteiger partial charge in [-0.15, -0.1) is 0 Å². The van der Waals surface area contributed by atoms with Crippen molar-refractivity contribution in [3.63, 3.8) is 0 Å². The molecule has 39 heavy (non-hydrogen) atoms. The van der Waals surface area contributed by atoms with Crippen molar-refractivity contribution >= 4 is 11.7 Å². The lowest BCUT2D eigenvalue weighted by Crippen LogP contribution is -2.41. The number of aryl methyl sites for hydroxylation is 2. The van der Waals surface area contributed by atoms with E-state index < -0.39 is 11.8 Å². The van der Waals surface area contributed by atoms with Crippen LogP contribution < -0.4 is 5.56 Å². The predicted molar refractivity (Wildman–Crippen MR) is 141 cm³/mol. The summed E-state index contributed by atoms with van der Waals surface area (Å²) in [5.41, 5.74) is 2.95. The predicted octanol–water partition coefficient (Wildman–Crippen LogP) is 4.23. The van der Waals surface area contributed by atoms with Gasteiger partial charge in [0.1, 0.15) is 18.2 Å². The van der Waals surface area contributed by atoms with Crippen molar-refractivity contribution in [1.29, 1.82) is 5.26 Å². The first-order chi connectivity index (χ1) is 18.8. The van der Waals surface area contributed by atoms with Crippen LogP contribution in [0.4, 0.5) is 4.39 Å². The van der Waals surface area contributed by atoms with Crippen molar-refractivity contribution < 1.29 is 19.0 Å². The number of hydrogen-bond donors (Lipinski definition) is 1. The van der Waals surface area contributed by atoms with Crippen molar-refractivity contribution in [3.8, 4) is 17.2 Å². The van der Waals surface area contributed by atoms with Crippen LogP contribution in [0.5, 0.6) is 0 Å². The van der Waals surface area contributed by atoms with Crippen molar-refractivity contribution in [2.45, 2.75) is 58.1 Å². The zero-order valence-electron chi connectivity index (χ0n) is 21.7. The highest BCUT2D eigenvalue weighted by Crippen LogP contribution is 2.35. The molecule has 0 amide bonds. The molecule has 0 bridgehead atoms. The lowest BCUT2D eigenvalue weighted by Gasteiger charge is -2.36. The van der Waals surface area contributed by atoms with E-state index in [0.717, 1.165) is 6.42 Å². The Kier molecular flexibility index (Phi) is 7.26. The monoisotopic (exact) mass is 529 g/mol.